The van der Waals surface area contributed by atoms with E-state index in [-0.39, 0.29) is 6.54 Å². The first-order valence-electron chi connectivity index (χ1n) is 3.51. The van der Waals surface area contributed by atoms with Gasteiger partial charge in [0.1, 0.15) is 0 Å². The van der Waals surface area contributed by atoms with Crippen LogP contribution in [0.5, 0.6) is 0 Å². The Kier molecular flexibility index (Phi) is 6.42. The van der Waals surface area contributed by atoms with Gasteiger partial charge in [-0.25, -0.2) is 0 Å². The van der Waals surface area contributed by atoms with Crippen LogP contribution in [0.2, 0.25) is 0 Å². The highest BCUT2D eigenvalue weighted by Gasteiger charge is 2.04. The number of hydrogen-bond donors (Lipinski definition) is 1. The molecule has 0 unspecified atom stereocenters. The quantitative estimate of drug-likeness (QED) is 0.641. The van der Waals surface area contributed by atoms with E-state index in [2.05, 4.69) is 6.58 Å². The third-order valence-corrected chi connectivity index (χ3v) is 1.38. The second-order valence-corrected chi connectivity index (χ2v) is 2.49. The fourth-order valence-corrected chi connectivity index (χ4v) is 0.846. The smallest absolute Gasteiger partial charge is 0.317 e. The molecule has 0 saturated carbocycles. The maximum atomic E-state index is 10.3. The summed E-state index contributed by atoms with van der Waals surface area (Å²) in [4.78, 5) is 12.0. The zero-order valence-corrected chi connectivity index (χ0v) is 7.50. The van der Waals surface area contributed by atoms with Crippen LogP contribution in [0, 0.1) is 0 Å². The van der Waals surface area contributed by atoms with Crippen LogP contribution in [-0.2, 0) is 4.79 Å². The molecule has 0 radical (unpaired) electrons. The fourth-order valence-electron chi connectivity index (χ4n) is 0.766. The van der Waals surface area contributed by atoms with Crippen molar-refractivity contribution in [3.63, 3.8) is 0 Å². The molecule has 0 aliphatic carbocycles. The van der Waals surface area contributed by atoms with Crippen molar-refractivity contribution in [2.24, 2.45) is 0 Å². The summed E-state index contributed by atoms with van der Waals surface area (Å²) in [6.45, 7) is 4.61. The van der Waals surface area contributed by atoms with E-state index in [1.807, 2.05) is 0 Å². The third kappa shape index (κ3) is 5.95. The summed E-state index contributed by atoms with van der Waals surface area (Å²) < 4.78 is 0. The Morgan fingerprint density at radius 2 is 2.25 bits per heavy atom. The number of halogens is 1. The molecule has 0 heterocycles. The van der Waals surface area contributed by atoms with E-state index in [0.717, 1.165) is 0 Å². The van der Waals surface area contributed by atoms with Gasteiger partial charge >= 0.3 is 5.97 Å². The van der Waals surface area contributed by atoms with Crippen LogP contribution in [0.15, 0.2) is 24.3 Å². The molecule has 68 valence electrons. The van der Waals surface area contributed by atoms with Crippen molar-refractivity contribution >= 4 is 17.6 Å². The number of carboxylic acid groups (broad SMARTS) is 1. The monoisotopic (exact) mass is 189 g/mol. The molecule has 0 fully saturated rings. The molecule has 0 aromatic rings. The Morgan fingerprint density at radius 3 is 2.67 bits per heavy atom. The number of hydrogen-bond acceptors (Lipinski definition) is 2. The second kappa shape index (κ2) is 6.88. The zero-order valence-electron chi connectivity index (χ0n) is 6.74. The molecular formula is C8H12ClNO2. The van der Waals surface area contributed by atoms with Crippen molar-refractivity contribution in [3.8, 4) is 0 Å². The van der Waals surface area contributed by atoms with Gasteiger partial charge in [-0.15, -0.1) is 6.58 Å². The lowest BCUT2D eigenvalue weighted by molar-refractivity contribution is -0.138. The highest BCUT2D eigenvalue weighted by atomic mass is 35.5. The van der Waals surface area contributed by atoms with E-state index in [1.165, 1.54) is 5.54 Å². The molecule has 0 amide bonds. The lowest BCUT2D eigenvalue weighted by atomic mass is 10.4. The average Bonchev–Trinajstić information content (AvgIpc) is 2.00. The molecule has 0 aromatic carbocycles. The maximum Gasteiger partial charge on any atom is 0.317 e. The molecule has 0 aromatic heterocycles. The Labute approximate surface area is 76.9 Å². The van der Waals surface area contributed by atoms with Gasteiger partial charge in [0.05, 0.1) is 6.54 Å². The normalized spacial score (nSPS) is 10.8. The molecule has 0 saturated heterocycles. The summed E-state index contributed by atoms with van der Waals surface area (Å²) in [5, 5.41) is 8.48. The number of nitrogens with zero attached hydrogens (tertiary/aromatic N) is 1. The summed E-state index contributed by atoms with van der Waals surface area (Å²) in [6, 6.07) is 0. The van der Waals surface area contributed by atoms with Crippen molar-refractivity contribution in [1.29, 1.82) is 0 Å². The summed E-state index contributed by atoms with van der Waals surface area (Å²) in [6.07, 6.45) is 3.35. The highest BCUT2D eigenvalue weighted by Crippen LogP contribution is 1.90. The van der Waals surface area contributed by atoms with Gasteiger partial charge < -0.3 is 5.11 Å². The first-order valence-corrected chi connectivity index (χ1v) is 3.94. The van der Waals surface area contributed by atoms with Crippen LogP contribution in [0.25, 0.3) is 0 Å². The van der Waals surface area contributed by atoms with Crippen LogP contribution < -0.4 is 0 Å². The van der Waals surface area contributed by atoms with E-state index in [9.17, 15) is 4.79 Å². The molecule has 3 nitrogen and oxygen atoms in total. The lowest BCUT2D eigenvalue weighted by Gasteiger charge is -2.14. The Bertz CT molecular complexity index is 180. The van der Waals surface area contributed by atoms with Crippen molar-refractivity contribution < 1.29 is 9.90 Å². The Balaban J connectivity index is 3.84. The Morgan fingerprint density at radius 1 is 1.58 bits per heavy atom. The SMILES string of the molecule is C=CCN(CC=CCl)CC(=O)O. The molecular weight excluding hydrogens is 178 g/mol. The summed E-state index contributed by atoms with van der Waals surface area (Å²) in [7, 11) is 0. The van der Waals surface area contributed by atoms with Crippen LogP contribution >= 0.6 is 11.6 Å². The first-order chi connectivity index (χ1) is 5.70. The number of carboxylic acids is 1. The molecule has 0 bridgehead atoms. The van der Waals surface area contributed by atoms with Crippen molar-refractivity contribution in [2.45, 2.75) is 0 Å². The lowest BCUT2D eigenvalue weighted by Crippen LogP contribution is -2.29. The fraction of sp³-hybridized carbons (Fsp3) is 0.375. The average molecular weight is 190 g/mol. The van der Waals surface area contributed by atoms with Crippen LogP contribution in [0.4, 0.5) is 0 Å². The van der Waals surface area contributed by atoms with Gasteiger partial charge in [0, 0.05) is 18.6 Å². The second-order valence-electron chi connectivity index (χ2n) is 2.24. The van der Waals surface area contributed by atoms with Gasteiger partial charge in [0.2, 0.25) is 0 Å². The Hall–Kier alpha value is -0.800. The molecule has 0 rings (SSSR count). The van der Waals surface area contributed by atoms with Crippen molar-refractivity contribution in [1.82, 2.24) is 4.90 Å². The molecule has 0 aliphatic rings. The molecule has 0 aliphatic heterocycles. The molecule has 0 spiro atoms. The third-order valence-electron chi connectivity index (χ3n) is 1.20. The first kappa shape index (κ1) is 11.2. The van der Waals surface area contributed by atoms with Gasteiger partial charge in [-0.3, -0.25) is 9.69 Å². The van der Waals surface area contributed by atoms with Gasteiger partial charge in [-0.1, -0.05) is 23.8 Å². The molecule has 4 heteroatoms. The van der Waals surface area contributed by atoms with Gasteiger partial charge in [-0.05, 0) is 0 Å². The van der Waals surface area contributed by atoms with Crippen LogP contribution in [0.1, 0.15) is 0 Å². The largest absolute Gasteiger partial charge is 0.480 e. The molecule has 1 N–H and O–H groups in total. The standard InChI is InChI=1S/C8H12ClNO2/c1-2-5-10(6-3-4-9)7-8(11)12/h2-4H,1,5-7H2,(H,11,12). The van der Waals surface area contributed by atoms with Crippen molar-refractivity contribution in [3.05, 3.63) is 24.3 Å². The molecule has 12 heavy (non-hydrogen) atoms. The summed E-state index contributed by atoms with van der Waals surface area (Å²) >= 11 is 5.30. The van der Waals surface area contributed by atoms with Crippen molar-refractivity contribution in [2.75, 3.05) is 19.6 Å². The predicted octanol–water partition coefficient (Wildman–Crippen LogP) is 1.31. The summed E-state index contributed by atoms with van der Waals surface area (Å²) in [5.74, 6) is -0.847. The number of carbonyl (C=O) groups is 1. The topological polar surface area (TPSA) is 40.5 Å². The van der Waals surface area contributed by atoms with E-state index in [4.69, 9.17) is 16.7 Å². The minimum Gasteiger partial charge on any atom is -0.480 e. The van der Waals surface area contributed by atoms with E-state index >= 15 is 0 Å². The maximum absolute atomic E-state index is 10.3. The van der Waals surface area contributed by atoms with Gasteiger partial charge in [-0.2, -0.15) is 0 Å². The molecule has 0 atom stereocenters. The van der Waals surface area contributed by atoms with E-state index in [0.29, 0.717) is 13.1 Å². The van der Waals surface area contributed by atoms with E-state index < -0.39 is 5.97 Å². The zero-order chi connectivity index (χ0) is 9.40. The number of aliphatic carboxylic acids is 1. The summed E-state index contributed by atoms with van der Waals surface area (Å²) in [5.41, 5.74) is 1.37. The van der Waals surface area contributed by atoms with Crippen LogP contribution in [-0.4, -0.2) is 35.6 Å². The predicted molar refractivity (Wildman–Crippen MR) is 49.3 cm³/mol. The minimum atomic E-state index is -0.847. The van der Waals surface area contributed by atoms with Gasteiger partial charge in [0.15, 0.2) is 0 Å². The number of rotatable bonds is 6. The van der Waals surface area contributed by atoms with E-state index in [1.54, 1.807) is 17.1 Å². The minimum absolute atomic E-state index is 0.00719. The van der Waals surface area contributed by atoms with Gasteiger partial charge in [0.25, 0.3) is 0 Å². The highest BCUT2D eigenvalue weighted by molar-refractivity contribution is 6.25. The van der Waals surface area contributed by atoms with Crippen LogP contribution in [0.3, 0.4) is 0 Å².